The van der Waals surface area contributed by atoms with E-state index in [-0.39, 0.29) is 11.5 Å². The van der Waals surface area contributed by atoms with Crippen molar-refractivity contribution in [3.05, 3.63) is 109 Å². The van der Waals surface area contributed by atoms with Gasteiger partial charge in [0.05, 0.1) is 12.8 Å². The fourth-order valence-electron chi connectivity index (χ4n) is 4.27. The summed E-state index contributed by atoms with van der Waals surface area (Å²) < 4.78 is 17.4. The molecule has 0 unspecified atom stereocenters. The molecule has 2 atom stereocenters. The molecule has 0 heterocycles. The van der Waals surface area contributed by atoms with Crippen LogP contribution < -0.4 is 20.3 Å². The zero-order chi connectivity index (χ0) is 28.3. The average molecular weight is 543 g/mol. The van der Waals surface area contributed by atoms with E-state index in [9.17, 15) is 14.7 Å². The molecule has 0 aromatic heterocycles. The predicted octanol–water partition coefficient (Wildman–Crippen LogP) is 6.13. The van der Waals surface area contributed by atoms with E-state index in [2.05, 4.69) is 5.32 Å². The van der Waals surface area contributed by atoms with Crippen molar-refractivity contribution < 1.29 is 34.1 Å². The number of hydrogen-bond acceptors (Lipinski definition) is 7. The van der Waals surface area contributed by atoms with Gasteiger partial charge in [-0.15, -0.1) is 0 Å². The number of para-hydroxylation sites is 1. The van der Waals surface area contributed by atoms with E-state index < -0.39 is 24.2 Å². The summed E-state index contributed by atoms with van der Waals surface area (Å²) in [5.74, 6) is 0.0236. The molecule has 0 aliphatic carbocycles. The Kier molecular flexibility index (Phi) is 9.58. The first kappa shape index (κ1) is 28.0. The minimum Gasteiger partial charge on any atom is -0.504 e. The van der Waals surface area contributed by atoms with E-state index >= 15 is 0 Å². The number of hydroxylamine groups is 1. The van der Waals surface area contributed by atoms with Gasteiger partial charge in [0.25, 0.3) is 5.91 Å². The molecule has 4 rings (SSSR count). The lowest BCUT2D eigenvalue weighted by Gasteiger charge is -2.28. The summed E-state index contributed by atoms with van der Waals surface area (Å²) in [5, 5.41) is 23.9. The van der Waals surface area contributed by atoms with Crippen molar-refractivity contribution in [3.63, 3.8) is 0 Å². The molecule has 0 fully saturated rings. The molecule has 0 aliphatic rings. The summed E-state index contributed by atoms with van der Waals surface area (Å²) >= 11 is 0. The molecule has 0 radical (unpaired) electrons. The molecule has 4 aromatic rings. The minimum atomic E-state index is -0.966. The maximum absolute atomic E-state index is 13.3. The maximum Gasteiger partial charge on any atom is 0.412 e. The van der Waals surface area contributed by atoms with Crippen molar-refractivity contribution in [1.82, 2.24) is 5.48 Å². The Morgan fingerprint density at radius 2 is 1.70 bits per heavy atom. The molecule has 4 aromatic carbocycles. The van der Waals surface area contributed by atoms with E-state index in [1.54, 1.807) is 41.9 Å². The van der Waals surface area contributed by atoms with Gasteiger partial charge in [0.15, 0.2) is 17.6 Å². The number of methoxy groups -OCH3 is 1. The quantitative estimate of drug-likeness (QED) is 0.102. The van der Waals surface area contributed by atoms with Gasteiger partial charge in [0, 0.05) is 17.0 Å². The van der Waals surface area contributed by atoms with Crippen molar-refractivity contribution >= 4 is 28.5 Å². The normalized spacial score (nSPS) is 12.4. The SMILES string of the molecule is COc1ccc([C@H](OC(=O)Nc2cccc3ccccc23)[C@H](CC/C=C/C(=O)NO)Oc2ccccc2)cc1O. The zero-order valence-corrected chi connectivity index (χ0v) is 21.8. The molecule has 206 valence electrons. The Morgan fingerprint density at radius 3 is 2.45 bits per heavy atom. The molecule has 0 saturated carbocycles. The van der Waals surface area contributed by atoms with Crippen LogP contribution >= 0.6 is 0 Å². The number of ether oxygens (including phenoxy) is 3. The Hall–Kier alpha value is -5.02. The lowest BCUT2D eigenvalue weighted by molar-refractivity contribution is -0.124. The van der Waals surface area contributed by atoms with Gasteiger partial charge in [0.2, 0.25) is 0 Å². The van der Waals surface area contributed by atoms with Crippen molar-refractivity contribution in [2.24, 2.45) is 0 Å². The van der Waals surface area contributed by atoms with Gasteiger partial charge in [-0.1, -0.05) is 66.7 Å². The topological polar surface area (TPSA) is 126 Å². The molecule has 40 heavy (non-hydrogen) atoms. The van der Waals surface area contributed by atoms with E-state index in [1.165, 1.54) is 19.3 Å². The van der Waals surface area contributed by atoms with Crippen LogP contribution in [0.5, 0.6) is 17.2 Å². The highest BCUT2D eigenvalue weighted by molar-refractivity contribution is 6.00. The summed E-state index contributed by atoms with van der Waals surface area (Å²) in [6.07, 6.45) is 1.05. The Bertz CT molecular complexity index is 1470. The molecular formula is C31H30N2O7. The van der Waals surface area contributed by atoms with Gasteiger partial charge in [0.1, 0.15) is 11.9 Å². The van der Waals surface area contributed by atoms with Gasteiger partial charge in [-0.25, -0.2) is 10.3 Å². The number of aromatic hydroxyl groups is 1. The predicted molar refractivity (Wildman–Crippen MR) is 151 cm³/mol. The summed E-state index contributed by atoms with van der Waals surface area (Å²) in [6.45, 7) is 0. The van der Waals surface area contributed by atoms with Gasteiger partial charge in [-0.05, 0) is 48.6 Å². The van der Waals surface area contributed by atoms with Gasteiger partial charge in [-0.2, -0.15) is 0 Å². The van der Waals surface area contributed by atoms with Gasteiger partial charge >= 0.3 is 6.09 Å². The number of carbonyl (C=O) groups excluding carboxylic acids is 2. The van der Waals surface area contributed by atoms with Crippen LogP contribution in [0.3, 0.4) is 0 Å². The molecule has 9 nitrogen and oxygen atoms in total. The summed E-state index contributed by atoms with van der Waals surface area (Å²) in [7, 11) is 1.44. The van der Waals surface area contributed by atoms with Crippen LogP contribution in [0.2, 0.25) is 0 Å². The van der Waals surface area contributed by atoms with Crippen molar-refractivity contribution in [3.8, 4) is 17.2 Å². The number of hydrogen-bond donors (Lipinski definition) is 4. The van der Waals surface area contributed by atoms with E-state index in [0.29, 0.717) is 29.8 Å². The Balaban J connectivity index is 1.65. The third kappa shape index (κ3) is 7.30. The molecule has 2 amide bonds. The average Bonchev–Trinajstić information content (AvgIpc) is 2.98. The summed E-state index contributed by atoms with van der Waals surface area (Å²) in [4.78, 5) is 24.7. The summed E-state index contributed by atoms with van der Waals surface area (Å²) in [5.41, 5.74) is 2.60. The number of amides is 2. The molecule has 0 saturated heterocycles. The number of phenols is 1. The third-order valence-electron chi connectivity index (χ3n) is 6.16. The number of allylic oxidation sites excluding steroid dienone is 1. The fourth-order valence-corrected chi connectivity index (χ4v) is 4.27. The zero-order valence-electron chi connectivity index (χ0n) is 21.8. The largest absolute Gasteiger partial charge is 0.504 e. The molecule has 9 heteroatoms. The van der Waals surface area contributed by atoms with Crippen molar-refractivity contribution in [1.29, 1.82) is 0 Å². The highest BCUT2D eigenvalue weighted by atomic mass is 16.6. The first-order valence-corrected chi connectivity index (χ1v) is 12.6. The number of nitrogens with one attached hydrogen (secondary N) is 2. The number of rotatable bonds is 11. The molecule has 0 bridgehead atoms. The van der Waals surface area contributed by atoms with Crippen LogP contribution in [0.1, 0.15) is 24.5 Å². The highest BCUT2D eigenvalue weighted by Crippen LogP contribution is 2.35. The van der Waals surface area contributed by atoms with Crippen molar-refractivity contribution in [2.45, 2.75) is 25.0 Å². The van der Waals surface area contributed by atoms with Gasteiger partial charge in [-0.3, -0.25) is 15.3 Å². The van der Waals surface area contributed by atoms with E-state index in [0.717, 1.165) is 10.8 Å². The first-order valence-electron chi connectivity index (χ1n) is 12.6. The third-order valence-corrected chi connectivity index (χ3v) is 6.16. The van der Waals surface area contributed by atoms with Crippen LogP contribution in [-0.2, 0) is 9.53 Å². The molecular weight excluding hydrogens is 512 g/mol. The standard InChI is InChI=1S/C31H30N2O7/c1-38-27-19-18-22(20-26(27)34)30(40-31(36)32-25-15-9-11-21-10-5-6-14-24(21)25)28(16-7-8-17-29(35)33-37)39-23-12-3-2-4-13-23/h2-6,8-15,17-20,28,30,34,37H,7,16H2,1H3,(H,32,36)(H,33,35)/b17-8+/t28-,30-/m0/s1. The maximum atomic E-state index is 13.3. The van der Waals surface area contributed by atoms with E-state index in [4.69, 9.17) is 19.4 Å². The first-order chi connectivity index (χ1) is 19.5. The van der Waals surface area contributed by atoms with Crippen LogP contribution in [0, 0.1) is 0 Å². The fraction of sp³-hybridized carbons (Fsp3) is 0.161. The Labute approximate surface area is 231 Å². The van der Waals surface area contributed by atoms with Gasteiger partial charge < -0.3 is 19.3 Å². The second-order valence-corrected chi connectivity index (χ2v) is 8.83. The minimum absolute atomic E-state index is 0.124. The van der Waals surface area contributed by atoms with Crippen LogP contribution in [-0.4, -0.2) is 35.5 Å². The van der Waals surface area contributed by atoms with Crippen LogP contribution in [0.25, 0.3) is 10.8 Å². The molecule has 0 spiro atoms. The smallest absolute Gasteiger partial charge is 0.412 e. The highest BCUT2D eigenvalue weighted by Gasteiger charge is 2.30. The molecule has 0 aliphatic heterocycles. The lowest BCUT2D eigenvalue weighted by atomic mass is 9.99. The second-order valence-electron chi connectivity index (χ2n) is 8.83. The Morgan fingerprint density at radius 1 is 0.950 bits per heavy atom. The monoisotopic (exact) mass is 542 g/mol. The second kappa shape index (κ2) is 13.7. The number of phenolic OH excluding ortho intramolecular Hbond substituents is 1. The number of anilines is 1. The van der Waals surface area contributed by atoms with E-state index in [1.807, 2.05) is 54.6 Å². The summed E-state index contributed by atoms with van der Waals surface area (Å²) in [6, 6.07) is 27.0. The van der Waals surface area contributed by atoms with Crippen molar-refractivity contribution in [2.75, 3.05) is 12.4 Å². The number of benzene rings is 4. The number of fused-ring (bicyclic) bond motifs is 1. The molecule has 4 N–H and O–H groups in total. The van der Waals surface area contributed by atoms with Crippen LogP contribution in [0.15, 0.2) is 103 Å². The number of carbonyl (C=O) groups is 2. The van der Waals surface area contributed by atoms with Crippen LogP contribution in [0.4, 0.5) is 10.5 Å². The lowest BCUT2D eigenvalue weighted by Crippen LogP contribution is -2.31.